The van der Waals surface area contributed by atoms with Gasteiger partial charge in [0.2, 0.25) is 0 Å². The molecule has 9 nitrogen and oxygen atoms in total. The summed E-state index contributed by atoms with van der Waals surface area (Å²) in [7, 11) is 1.64. The zero-order valence-electron chi connectivity index (χ0n) is 19.6. The van der Waals surface area contributed by atoms with Crippen LogP contribution in [0.25, 0.3) is 0 Å². The third kappa shape index (κ3) is 5.78. The first-order valence-electron chi connectivity index (χ1n) is 11.2. The van der Waals surface area contributed by atoms with E-state index in [1.807, 2.05) is 19.9 Å². The molecule has 0 spiro atoms. The maximum Gasteiger partial charge on any atom is 0.338 e. The standard InChI is InChI=1S/C23H32ClN5O4/c1-5-33-21(30)19-18(14-28-10-12-29(13-11-28)23(32)25-15(2)3)27(4)22(31)26-20(19)16-8-6-7-9-17(16)24/h6-9,15,20H,5,10-14H2,1-4H3,(H,25,32)(H,26,31)/t20-/m1/s1. The van der Waals surface area contributed by atoms with E-state index in [-0.39, 0.29) is 24.7 Å². The molecule has 0 saturated carbocycles. The van der Waals surface area contributed by atoms with Gasteiger partial charge in [-0.2, -0.15) is 0 Å². The van der Waals surface area contributed by atoms with Crippen LogP contribution < -0.4 is 10.6 Å². The van der Waals surface area contributed by atoms with Gasteiger partial charge in [-0.15, -0.1) is 0 Å². The van der Waals surface area contributed by atoms with Crippen LogP contribution >= 0.6 is 11.6 Å². The van der Waals surface area contributed by atoms with Crippen molar-refractivity contribution in [3.8, 4) is 0 Å². The van der Waals surface area contributed by atoms with Gasteiger partial charge in [-0.1, -0.05) is 29.8 Å². The molecule has 0 bridgehead atoms. The molecule has 2 aliphatic rings. The van der Waals surface area contributed by atoms with Gasteiger partial charge in [-0.25, -0.2) is 14.4 Å². The number of hydrogen-bond donors (Lipinski definition) is 2. The van der Waals surface area contributed by atoms with E-state index in [1.165, 1.54) is 4.90 Å². The fraction of sp³-hybridized carbons (Fsp3) is 0.522. The van der Waals surface area contributed by atoms with E-state index in [0.717, 1.165) is 0 Å². The number of esters is 1. The zero-order chi connectivity index (χ0) is 24.1. The average molecular weight is 478 g/mol. The average Bonchev–Trinajstić information content (AvgIpc) is 2.77. The van der Waals surface area contributed by atoms with Crippen LogP contribution in [0.5, 0.6) is 0 Å². The van der Waals surface area contributed by atoms with Crippen molar-refractivity contribution in [1.29, 1.82) is 0 Å². The summed E-state index contributed by atoms with van der Waals surface area (Å²) in [4.78, 5) is 43.5. The molecular formula is C23H32ClN5O4. The van der Waals surface area contributed by atoms with Crippen molar-refractivity contribution in [3.63, 3.8) is 0 Å². The maximum atomic E-state index is 13.1. The first kappa shape index (κ1) is 24.9. The Kier molecular flexibility index (Phi) is 8.20. The van der Waals surface area contributed by atoms with Crippen LogP contribution in [-0.4, -0.2) is 85.2 Å². The number of hydrogen-bond acceptors (Lipinski definition) is 5. The Hall–Kier alpha value is -2.78. The van der Waals surface area contributed by atoms with Crippen LogP contribution in [0, 0.1) is 0 Å². The Morgan fingerprint density at radius 3 is 2.48 bits per heavy atom. The molecule has 0 unspecified atom stereocenters. The van der Waals surface area contributed by atoms with Crippen LogP contribution in [-0.2, 0) is 9.53 Å². The molecule has 0 aliphatic carbocycles. The fourth-order valence-electron chi connectivity index (χ4n) is 4.00. The Morgan fingerprint density at radius 1 is 1.21 bits per heavy atom. The smallest absolute Gasteiger partial charge is 0.338 e. The minimum atomic E-state index is -0.713. The minimum Gasteiger partial charge on any atom is -0.463 e. The summed E-state index contributed by atoms with van der Waals surface area (Å²) in [6, 6.07) is 6.09. The van der Waals surface area contributed by atoms with Crippen molar-refractivity contribution in [2.75, 3.05) is 46.4 Å². The highest BCUT2D eigenvalue weighted by molar-refractivity contribution is 6.31. The van der Waals surface area contributed by atoms with Crippen molar-refractivity contribution < 1.29 is 19.1 Å². The third-order valence-electron chi connectivity index (χ3n) is 5.73. The summed E-state index contributed by atoms with van der Waals surface area (Å²) in [6.45, 7) is 8.55. The predicted octanol–water partition coefficient (Wildman–Crippen LogP) is 2.59. The molecule has 1 saturated heterocycles. The second-order valence-corrected chi connectivity index (χ2v) is 8.82. The Morgan fingerprint density at radius 2 is 1.88 bits per heavy atom. The molecule has 2 heterocycles. The van der Waals surface area contributed by atoms with Crippen molar-refractivity contribution in [3.05, 3.63) is 46.1 Å². The van der Waals surface area contributed by atoms with Crippen LogP contribution in [0.4, 0.5) is 9.59 Å². The van der Waals surface area contributed by atoms with Gasteiger partial charge in [0.15, 0.2) is 0 Å². The largest absolute Gasteiger partial charge is 0.463 e. The van der Waals surface area contributed by atoms with E-state index in [1.54, 1.807) is 37.1 Å². The van der Waals surface area contributed by atoms with E-state index in [4.69, 9.17) is 16.3 Å². The molecule has 1 atom stereocenters. The number of nitrogens with zero attached hydrogens (tertiary/aromatic N) is 3. The van der Waals surface area contributed by atoms with Gasteiger partial charge in [0.1, 0.15) is 0 Å². The first-order valence-corrected chi connectivity index (χ1v) is 11.6. The molecule has 10 heteroatoms. The zero-order valence-corrected chi connectivity index (χ0v) is 20.3. The first-order chi connectivity index (χ1) is 15.7. The molecule has 1 aromatic rings. The van der Waals surface area contributed by atoms with Gasteiger partial charge >= 0.3 is 18.0 Å². The molecule has 3 rings (SSSR count). The quantitative estimate of drug-likeness (QED) is 0.614. The maximum absolute atomic E-state index is 13.1. The third-order valence-corrected chi connectivity index (χ3v) is 6.08. The van der Waals surface area contributed by atoms with Gasteiger partial charge in [-0.05, 0) is 32.4 Å². The van der Waals surface area contributed by atoms with Crippen LogP contribution in [0.1, 0.15) is 32.4 Å². The number of urea groups is 2. The fourth-order valence-corrected chi connectivity index (χ4v) is 4.24. The van der Waals surface area contributed by atoms with E-state index < -0.39 is 12.0 Å². The normalized spacial score (nSPS) is 19.6. The van der Waals surface area contributed by atoms with Crippen LogP contribution in [0.15, 0.2) is 35.5 Å². The number of nitrogens with one attached hydrogen (secondary N) is 2. The van der Waals surface area contributed by atoms with Gasteiger partial charge < -0.3 is 20.3 Å². The SMILES string of the molecule is CCOC(=O)C1=C(CN2CCN(C(=O)NC(C)C)CC2)N(C)C(=O)N[C@@H]1c1ccccc1Cl. The highest BCUT2D eigenvalue weighted by Crippen LogP contribution is 2.34. The lowest BCUT2D eigenvalue weighted by molar-refractivity contribution is -0.139. The van der Waals surface area contributed by atoms with Gasteiger partial charge in [0.05, 0.1) is 18.2 Å². The number of rotatable bonds is 6. The van der Waals surface area contributed by atoms with Crippen LogP contribution in [0.2, 0.25) is 5.02 Å². The summed E-state index contributed by atoms with van der Waals surface area (Å²) in [5, 5.41) is 6.25. The number of halogens is 1. The molecular weight excluding hydrogens is 446 g/mol. The lowest BCUT2D eigenvalue weighted by Gasteiger charge is -2.39. The molecule has 1 aromatic carbocycles. The molecule has 4 amide bonds. The number of carbonyl (C=O) groups is 3. The number of ether oxygens (including phenoxy) is 1. The number of piperazine rings is 1. The Bertz CT molecular complexity index is 927. The van der Waals surface area contributed by atoms with E-state index in [0.29, 0.717) is 54.6 Å². The molecule has 180 valence electrons. The number of amides is 4. The second-order valence-electron chi connectivity index (χ2n) is 8.41. The molecule has 2 N–H and O–H groups in total. The minimum absolute atomic E-state index is 0.0731. The second kappa shape index (κ2) is 10.9. The number of likely N-dealkylation sites (N-methyl/N-ethyl adjacent to an activating group) is 1. The summed E-state index contributed by atoms with van der Waals surface area (Å²) in [5.41, 5.74) is 1.57. The summed E-state index contributed by atoms with van der Waals surface area (Å²) in [6.07, 6.45) is 0. The number of benzene rings is 1. The Balaban J connectivity index is 1.88. The predicted molar refractivity (Wildman–Crippen MR) is 126 cm³/mol. The molecule has 0 aromatic heterocycles. The van der Waals surface area contributed by atoms with Crippen molar-refractivity contribution in [2.45, 2.75) is 32.9 Å². The highest BCUT2D eigenvalue weighted by atomic mass is 35.5. The summed E-state index contributed by atoms with van der Waals surface area (Å²) >= 11 is 6.42. The molecule has 1 fully saturated rings. The van der Waals surface area contributed by atoms with Crippen molar-refractivity contribution in [1.82, 2.24) is 25.3 Å². The monoisotopic (exact) mass is 477 g/mol. The number of carbonyl (C=O) groups excluding carboxylic acids is 3. The van der Waals surface area contributed by atoms with E-state index in [9.17, 15) is 14.4 Å². The van der Waals surface area contributed by atoms with Crippen molar-refractivity contribution in [2.24, 2.45) is 0 Å². The van der Waals surface area contributed by atoms with Gasteiger partial charge in [-0.3, -0.25) is 9.80 Å². The molecule has 2 aliphatic heterocycles. The van der Waals surface area contributed by atoms with Gasteiger partial charge in [0.25, 0.3) is 0 Å². The van der Waals surface area contributed by atoms with Crippen LogP contribution in [0.3, 0.4) is 0 Å². The molecule has 33 heavy (non-hydrogen) atoms. The summed E-state index contributed by atoms with van der Waals surface area (Å²) < 4.78 is 5.36. The van der Waals surface area contributed by atoms with E-state index in [2.05, 4.69) is 15.5 Å². The highest BCUT2D eigenvalue weighted by Gasteiger charge is 2.38. The van der Waals surface area contributed by atoms with Crippen molar-refractivity contribution >= 4 is 29.6 Å². The molecule has 0 radical (unpaired) electrons. The van der Waals surface area contributed by atoms with Gasteiger partial charge in [0, 0.05) is 56.5 Å². The lowest BCUT2D eigenvalue weighted by Crippen LogP contribution is -2.55. The van der Waals surface area contributed by atoms with E-state index >= 15 is 0 Å². The Labute approximate surface area is 199 Å². The topological polar surface area (TPSA) is 94.2 Å². The summed E-state index contributed by atoms with van der Waals surface area (Å²) in [5.74, 6) is -0.487. The lowest BCUT2D eigenvalue weighted by atomic mass is 9.94.